The van der Waals surface area contributed by atoms with Crippen molar-refractivity contribution in [3.8, 4) is 0 Å². The highest BCUT2D eigenvalue weighted by molar-refractivity contribution is 7.11. The molecule has 0 saturated carbocycles. The maximum atomic E-state index is 5.03. The van der Waals surface area contributed by atoms with E-state index in [4.69, 9.17) is 4.42 Å². The van der Waals surface area contributed by atoms with E-state index in [9.17, 15) is 0 Å². The molecular weight excluding hydrogens is 220 g/mol. The first-order valence-electron chi connectivity index (χ1n) is 5.35. The molecule has 0 spiro atoms. The molecule has 0 aromatic carbocycles. The Morgan fingerprint density at radius 3 is 2.88 bits per heavy atom. The highest BCUT2D eigenvalue weighted by Crippen LogP contribution is 2.24. The first-order valence-corrected chi connectivity index (χ1v) is 6.17. The highest BCUT2D eigenvalue weighted by Gasteiger charge is 2.12. The lowest BCUT2D eigenvalue weighted by Gasteiger charge is -2.11. The van der Waals surface area contributed by atoms with Gasteiger partial charge >= 0.3 is 0 Å². The van der Waals surface area contributed by atoms with E-state index in [2.05, 4.69) is 24.1 Å². The number of thiazole rings is 1. The number of aryl methyl sites for hydroxylation is 2. The fraction of sp³-hybridized carbons (Fsp3) is 0.417. The first kappa shape index (κ1) is 11.4. The number of nitrogens with one attached hydrogen (secondary N) is 1. The van der Waals surface area contributed by atoms with E-state index in [-0.39, 0.29) is 0 Å². The van der Waals surface area contributed by atoms with Crippen molar-refractivity contribution in [3.63, 3.8) is 0 Å². The van der Waals surface area contributed by atoms with Crippen molar-refractivity contribution in [1.82, 2.24) is 10.3 Å². The lowest BCUT2D eigenvalue weighted by Crippen LogP contribution is -2.17. The van der Waals surface area contributed by atoms with E-state index in [0.29, 0.717) is 6.04 Å². The normalized spacial score (nSPS) is 12.9. The van der Waals surface area contributed by atoms with Crippen LogP contribution in [0.4, 0.5) is 0 Å². The molecule has 0 amide bonds. The molecule has 1 atom stereocenters. The van der Waals surface area contributed by atoms with E-state index in [1.165, 1.54) is 10.4 Å². The van der Waals surface area contributed by atoms with Gasteiger partial charge in [-0.1, -0.05) is 0 Å². The standard InChI is InChI=1S/C12H16N2OS/c1-8(12-9(2)14-10(3)16-12)13-6-11-4-5-15-7-11/h4-5,7-8,13H,6H2,1-3H3. The van der Waals surface area contributed by atoms with Crippen LogP contribution in [0.2, 0.25) is 0 Å². The van der Waals surface area contributed by atoms with Crippen LogP contribution in [-0.4, -0.2) is 4.98 Å². The molecule has 2 heterocycles. The fourth-order valence-electron chi connectivity index (χ4n) is 1.71. The minimum atomic E-state index is 0.334. The fourth-order valence-corrected chi connectivity index (χ4v) is 2.66. The summed E-state index contributed by atoms with van der Waals surface area (Å²) in [6.45, 7) is 7.10. The molecule has 3 nitrogen and oxygen atoms in total. The molecule has 2 aromatic heterocycles. The summed E-state index contributed by atoms with van der Waals surface area (Å²) >= 11 is 1.76. The van der Waals surface area contributed by atoms with Gasteiger partial charge in [-0.3, -0.25) is 0 Å². The second-order valence-electron chi connectivity index (χ2n) is 3.92. The van der Waals surface area contributed by atoms with Gasteiger partial charge in [-0.05, 0) is 26.8 Å². The van der Waals surface area contributed by atoms with Crippen LogP contribution in [0, 0.1) is 13.8 Å². The number of aromatic nitrogens is 1. The predicted molar refractivity (Wildman–Crippen MR) is 65.6 cm³/mol. The van der Waals surface area contributed by atoms with Crippen LogP contribution < -0.4 is 5.32 Å². The van der Waals surface area contributed by atoms with Crippen LogP contribution in [-0.2, 0) is 6.54 Å². The average Bonchev–Trinajstić information content (AvgIpc) is 2.84. The van der Waals surface area contributed by atoms with Crippen LogP contribution in [0.1, 0.15) is 34.1 Å². The molecule has 1 unspecified atom stereocenters. The smallest absolute Gasteiger partial charge is 0.0947 e. The minimum Gasteiger partial charge on any atom is -0.472 e. The number of rotatable bonds is 4. The number of furan rings is 1. The Balaban J connectivity index is 1.98. The third-order valence-electron chi connectivity index (χ3n) is 2.53. The molecule has 0 aliphatic rings. The summed E-state index contributed by atoms with van der Waals surface area (Å²) in [4.78, 5) is 5.76. The van der Waals surface area contributed by atoms with E-state index in [0.717, 1.165) is 17.2 Å². The molecule has 0 saturated heterocycles. The second kappa shape index (κ2) is 4.80. The molecule has 0 aliphatic heterocycles. The Morgan fingerprint density at radius 1 is 1.50 bits per heavy atom. The van der Waals surface area contributed by atoms with E-state index in [1.54, 1.807) is 23.9 Å². The molecule has 1 N–H and O–H groups in total. The Labute approximate surface area is 99.5 Å². The topological polar surface area (TPSA) is 38.1 Å². The Kier molecular flexibility index (Phi) is 3.41. The van der Waals surface area contributed by atoms with E-state index in [1.807, 2.05) is 13.0 Å². The van der Waals surface area contributed by atoms with Gasteiger partial charge in [0.05, 0.1) is 23.2 Å². The monoisotopic (exact) mass is 236 g/mol. The van der Waals surface area contributed by atoms with Crippen LogP contribution in [0.15, 0.2) is 23.0 Å². The third kappa shape index (κ3) is 2.51. The summed E-state index contributed by atoms with van der Waals surface area (Å²) in [6.07, 6.45) is 3.47. The van der Waals surface area contributed by atoms with Gasteiger partial charge in [0.1, 0.15) is 0 Å². The van der Waals surface area contributed by atoms with Gasteiger partial charge < -0.3 is 9.73 Å². The Hall–Kier alpha value is -1.13. The second-order valence-corrected chi connectivity index (χ2v) is 5.15. The molecule has 16 heavy (non-hydrogen) atoms. The van der Waals surface area contributed by atoms with Crippen molar-refractivity contribution in [2.75, 3.05) is 0 Å². The lowest BCUT2D eigenvalue weighted by atomic mass is 10.2. The molecule has 0 radical (unpaired) electrons. The molecule has 0 aliphatic carbocycles. The van der Waals surface area contributed by atoms with Gasteiger partial charge in [-0.15, -0.1) is 11.3 Å². The van der Waals surface area contributed by atoms with Crippen LogP contribution in [0.5, 0.6) is 0 Å². The van der Waals surface area contributed by atoms with Gasteiger partial charge in [0.25, 0.3) is 0 Å². The predicted octanol–water partition coefficient (Wildman–Crippen LogP) is 3.20. The summed E-state index contributed by atoms with van der Waals surface area (Å²) < 4.78 is 5.03. The third-order valence-corrected chi connectivity index (χ3v) is 3.78. The van der Waals surface area contributed by atoms with Crippen molar-refractivity contribution in [1.29, 1.82) is 0 Å². The quantitative estimate of drug-likeness (QED) is 0.885. The lowest BCUT2D eigenvalue weighted by molar-refractivity contribution is 0.548. The maximum absolute atomic E-state index is 5.03. The molecule has 86 valence electrons. The van der Waals surface area contributed by atoms with Crippen molar-refractivity contribution in [2.45, 2.75) is 33.4 Å². The summed E-state index contributed by atoms with van der Waals surface area (Å²) in [6, 6.07) is 2.31. The van der Waals surface area contributed by atoms with Gasteiger partial charge in [-0.2, -0.15) is 0 Å². The number of hydrogen-bond acceptors (Lipinski definition) is 4. The summed E-state index contributed by atoms with van der Waals surface area (Å²) in [5.74, 6) is 0. The Morgan fingerprint density at radius 2 is 2.31 bits per heavy atom. The van der Waals surface area contributed by atoms with Crippen molar-refractivity contribution in [3.05, 3.63) is 39.7 Å². The first-order chi connectivity index (χ1) is 7.66. The number of hydrogen-bond donors (Lipinski definition) is 1. The van der Waals surface area contributed by atoms with Gasteiger partial charge in [-0.25, -0.2) is 4.98 Å². The van der Waals surface area contributed by atoms with Crippen LogP contribution in [0.25, 0.3) is 0 Å². The zero-order valence-electron chi connectivity index (χ0n) is 9.78. The molecular formula is C12H16N2OS. The molecule has 0 bridgehead atoms. The van der Waals surface area contributed by atoms with Gasteiger partial charge in [0.15, 0.2) is 0 Å². The maximum Gasteiger partial charge on any atom is 0.0947 e. The van der Waals surface area contributed by atoms with Gasteiger partial charge in [0, 0.05) is 23.0 Å². The van der Waals surface area contributed by atoms with Crippen molar-refractivity contribution in [2.24, 2.45) is 0 Å². The van der Waals surface area contributed by atoms with Crippen LogP contribution >= 0.6 is 11.3 Å². The Bertz CT molecular complexity index is 448. The van der Waals surface area contributed by atoms with E-state index >= 15 is 0 Å². The summed E-state index contributed by atoms with van der Waals surface area (Å²) in [7, 11) is 0. The largest absolute Gasteiger partial charge is 0.472 e. The average molecular weight is 236 g/mol. The van der Waals surface area contributed by atoms with Crippen LogP contribution in [0.3, 0.4) is 0 Å². The molecule has 4 heteroatoms. The minimum absolute atomic E-state index is 0.334. The summed E-state index contributed by atoms with van der Waals surface area (Å²) in [5.41, 5.74) is 2.31. The molecule has 2 aromatic rings. The SMILES string of the molecule is Cc1nc(C)c(C(C)NCc2ccoc2)s1. The molecule has 2 rings (SSSR count). The highest BCUT2D eigenvalue weighted by atomic mass is 32.1. The zero-order valence-corrected chi connectivity index (χ0v) is 10.6. The van der Waals surface area contributed by atoms with E-state index < -0.39 is 0 Å². The summed E-state index contributed by atoms with van der Waals surface area (Å²) in [5, 5.41) is 4.60. The van der Waals surface area contributed by atoms with Gasteiger partial charge in [0.2, 0.25) is 0 Å². The number of nitrogens with zero attached hydrogens (tertiary/aromatic N) is 1. The zero-order chi connectivity index (χ0) is 11.5. The van der Waals surface area contributed by atoms with Crippen molar-refractivity contribution >= 4 is 11.3 Å². The molecule has 0 fully saturated rings. The van der Waals surface area contributed by atoms with Crippen molar-refractivity contribution < 1.29 is 4.42 Å².